The van der Waals surface area contributed by atoms with Crippen molar-refractivity contribution in [2.45, 2.75) is 64.1 Å². The minimum atomic E-state index is -0.198. The molecule has 0 spiro atoms. The zero-order valence-electron chi connectivity index (χ0n) is 22.8. The van der Waals surface area contributed by atoms with Gasteiger partial charge in [-0.15, -0.1) is 0 Å². The average Bonchev–Trinajstić information content (AvgIpc) is 3.39. The number of amides is 2. The number of methoxy groups -OCH3 is 2. The number of benzene rings is 2. The van der Waals surface area contributed by atoms with Crippen LogP contribution in [0.4, 0.5) is 0 Å². The summed E-state index contributed by atoms with van der Waals surface area (Å²) in [5.74, 6) is 1.41. The molecular weight excluding hydrogens is 478 g/mol. The van der Waals surface area contributed by atoms with Gasteiger partial charge in [0.15, 0.2) is 11.5 Å². The van der Waals surface area contributed by atoms with E-state index in [1.165, 1.54) is 11.1 Å². The Hall–Kier alpha value is -3.06. The first-order chi connectivity index (χ1) is 18.6. The van der Waals surface area contributed by atoms with Crippen molar-refractivity contribution in [3.05, 3.63) is 59.2 Å². The maximum absolute atomic E-state index is 13.8. The van der Waals surface area contributed by atoms with E-state index in [-0.39, 0.29) is 29.7 Å². The highest BCUT2D eigenvalue weighted by atomic mass is 16.5. The van der Waals surface area contributed by atoms with E-state index in [1.54, 1.807) is 14.2 Å². The SMILES string of the molecule is COc1cccc(CN2CCCCCCNC(=O)C3CC(C(=O)N4CCc5ccccc5C4)CC32)c1OC. The average molecular weight is 520 g/mol. The van der Waals surface area contributed by atoms with Crippen molar-refractivity contribution in [3.8, 4) is 11.5 Å². The first-order valence-corrected chi connectivity index (χ1v) is 14.2. The molecule has 204 valence electrons. The minimum Gasteiger partial charge on any atom is -0.493 e. The molecule has 2 aromatic rings. The van der Waals surface area contributed by atoms with Crippen LogP contribution in [-0.2, 0) is 29.1 Å². The van der Waals surface area contributed by atoms with Gasteiger partial charge in [0.25, 0.3) is 0 Å². The molecular formula is C31H41N3O4. The number of fused-ring (bicyclic) bond motifs is 2. The van der Waals surface area contributed by atoms with Gasteiger partial charge in [0.05, 0.1) is 20.1 Å². The molecule has 38 heavy (non-hydrogen) atoms. The first-order valence-electron chi connectivity index (χ1n) is 14.2. The predicted molar refractivity (Wildman–Crippen MR) is 147 cm³/mol. The van der Waals surface area contributed by atoms with Crippen LogP contribution in [0.25, 0.3) is 0 Å². The minimum absolute atomic E-state index is 0.00929. The summed E-state index contributed by atoms with van der Waals surface area (Å²) in [4.78, 5) is 31.7. The number of carbonyl (C=O) groups excluding carboxylic acids is 2. The van der Waals surface area contributed by atoms with E-state index in [2.05, 4.69) is 34.5 Å². The molecule has 5 rings (SSSR count). The van der Waals surface area contributed by atoms with E-state index in [0.29, 0.717) is 38.2 Å². The lowest BCUT2D eigenvalue weighted by atomic mass is 9.97. The third-order valence-electron chi connectivity index (χ3n) is 8.66. The van der Waals surface area contributed by atoms with Gasteiger partial charge in [0, 0.05) is 43.7 Å². The molecule has 7 nitrogen and oxygen atoms in total. The summed E-state index contributed by atoms with van der Waals surface area (Å²) < 4.78 is 11.3. The summed E-state index contributed by atoms with van der Waals surface area (Å²) in [5.41, 5.74) is 3.62. The number of para-hydroxylation sites is 1. The van der Waals surface area contributed by atoms with Gasteiger partial charge in [0.1, 0.15) is 0 Å². The zero-order valence-corrected chi connectivity index (χ0v) is 22.8. The molecule has 3 aliphatic rings. The summed E-state index contributed by atoms with van der Waals surface area (Å²) in [7, 11) is 3.33. The lowest BCUT2D eigenvalue weighted by Gasteiger charge is -2.33. The van der Waals surface area contributed by atoms with E-state index in [4.69, 9.17) is 9.47 Å². The maximum atomic E-state index is 13.8. The summed E-state index contributed by atoms with van der Waals surface area (Å²) in [5, 5.41) is 3.19. The molecule has 1 N–H and O–H groups in total. The largest absolute Gasteiger partial charge is 0.493 e. The highest BCUT2D eigenvalue weighted by molar-refractivity contribution is 5.84. The predicted octanol–water partition coefficient (Wildman–Crippen LogP) is 4.18. The van der Waals surface area contributed by atoms with Crippen molar-refractivity contribution in [1.29, 1.82) is 0 Å². The van der Waals surface area contributed by atoms with E-state index in [0.717, 1.165) is 56.5 Å². The topological polar surface area (TPSA) is 71.1 Å². The zero-order chi connectivity index (χ0) is 26.5. The molecule has 2 aromatic carbocycles. The Labute approximate surface area is 226 Å². The van der Waals surface area contributed by atoms with Crippen molar-refractivity contribution in [2.24, 2.45) is 11.8 Å². The first kappa shape index (κ1) is 26.5. The highest BCUT2D eigenvalue weighted by Gasteiger charge is 2.45. The molecule has 2 heterocycles. The molecule has 0 aromatic heterocycles. The molecule has 2 fully saturated rings. The monoisotopic (exact) mass is 519 g/mol. The van der Waals surface area contributed by atoms with Crippen LogP contribution in [0.5, 0.6) is 11.5 Å². The van der Waals surface area contributed by atoms with Crippen molar-refractivity contribution in [2.75, 3.05) is 33.9 Å². The van der Waals surface area contributed by atoms with Gasteiger partial charge in [-0.05, 0) is 55.8 Å². The molecule has 1 aliphatic carbocycles. The third-order valence-corrected chi connectivity index (χ3v) is 8.66. The number of nitrogens with zero attached hydrogens (tertiary/aromatic N) is 2. The van der Waals surface area contributed by atoms with Crippen LogP contribution < -0.4 is 14.8 Å². The smallest absolute Gasteiger partial charge is 0.226 e. The Bertz CT molecular complexity index is 1140. The van der Waals surface area contributed by atoms with Gasteiger partial charge < -0.3 is 19.7 Å². The molecule has 0 bridgehead atoms. The van der Waals surface area contributed by atoms with Gasteiger partial charge in [-0.1, -0.05) is 49.2 Å². The fraction of sp³-hybridized carbons (Fsp3) is 0.548. The number of hydrogen-bond acceptors (Lipinski definition) is 5. The van der Waals surface area contributed by atoms with E-state index in [1.807, 2.05) is 23.1 Å². The molecule has 1 saturated carbocycles. The van der Waals surface area contributed by atoms with Crippen molar-refractivity contribution in [3.63, 3.8) is 0 Å². The summed E-state index contributed by atoms with van der Waals surface area (Å²) in [6, 6.07) is 14.4. The van der Waals surface area contributed by atoms with E-state index >= 15 is 0 Å². The van der Waals surface area contributed by atoms with E-state index < -0.39 is 0 Å². The van der Waals surface area contributed by atoms with E-state index in [9.17, 15) is 9.59 Å². The molecule has 3 unspecified atom stereocenters. The Morgan fingerprint density at radius 1 is 0.947 bits per heavy atom. The normalized spacial score (nSPS) is 24.5. The number of ether oxygens (including phenoxy) is 2. The summed E-state index contributed by atoms with van der Waals surface area (Å²) >= 11 is 0. The molecule has 2 aliphatic heterocycles. The number of rotatable bonds is 5. The van der Waals surface area contributed by atoms with Crippen molar-refractivity contribution >= 4 is 11.8 Å². The Morgan fingerprint density at radius 3 is 2.58 bits per heavy atom. The second-order valence-electron chi connectivity index (χ2n) is 10.9. The second kappa shape index (κ2) is 12.2. The highest BCUT2D eigenvalue weighted by Crippen LogP contribution is 2.39. The van der Waals surface area contributed by atoms with Crippen LogP contribution in [0.3, 0.4) is 0 Å². The van der Waals surface area contributed by atoms with Gasteiger partial charge in [-0.3, -0.25) is 14.5 Å². The number of carbonyl (C=O) groups is 2. The quantitative estimate of drug-likeness (QED) is 0.642. The fourth-order valence-corrected chi connectivity index (χ4v) is 6.64. The molecule has 1 saturated heterocycles. The van der Waals surface area contributed by atoms with Crippen LogP contribution in [0, 0.1) is 11.8 Å². The van der Waals surface area contributed by atoms with Crippen molar-refractivity contribution in [1.82, 2.24) is 15.1 Å². The molecule has 3 atom stereocenters. The van der Waals surface area contributed by atoms with Crippen LogP contribution in [0.15, 0.2) is 42.5 Å². The lowest BCUT2D eigenvalue weighted by molar-refractivity contribution is -0.136. The molecule has 0 radical (unpaired) electrons. The molecule has 2 amide bonds. The van der Waals surface area contributed by atoms with Gasteiger partial charge in [0.2, 0.25) is 11.8 Å². The number of hydrogen-bond donors (Lipinski definition) is 1. The maximum Gasteiger partial charge on any atom is 0.226 e. The Kier molecular flexibility index (Phi) is 8.52. The lowest BCUT2D eigenvalue weighted by Crippen LogP contribution is -2.44. The molecule has 7 heteroatoms. The second-order valence-corrected chi connectivity index (χ2v) is 10.9. The van der Waals surface area contributed by atoms with Gasteiger partial charge in [-0.2, -0.15) is 0 Å². The third kappa shape index (κ3) is 5.68. The Morgan fingerprint density at radius 2 is 1.76 bits per heavy atom. The van der Waals surface area contributed by atoms with Gasteiger partial charge in [-0.25, -0.2) is 0 Å². The van der Waals surface area contributed by atoms with Gasteiger partial charge >= 0.3 is 0 Å². The summed E-state index contributed by atoms with van der Waals surface area (Å²) in [6.45, 7) is 3.68. The van der Waals surface area contributed by atoms with Crippen LogP contribution in [0.2, 0.25) is 0 Å². The van der Waals surface area contributed by atoms with Crippen LogP contribution >= 0.6 is 0 Å². The van der Waals surface area contributed by atoms with Crippen LogP contribution in [-0.4, -0.2) is 61.5 Å². The number of nitrogens with one attached hydrogen (secondary N) is 1. The Balaban J connectivity index is 1.39. The standard InChI is InChI=1S/C31H41N3O4/c1-37-28-13-9-12-24(29(28)38-2)21-33-16-8-4-3-7-15-32-30(35)26-18-25(19-27(26)33)31(36)34-17-14-22-10-5-6-11-23(22)20-34/h5-6,9-13,25-27H,3-4,7-8,14-21H2,1-2H3,(H,32,35). The van der Waals surface area contributed by atoms with Crippen molar-refractivity contribution < 1.29 is 19.1 Å². The van der Waals surface area contributed by atoms with Crippen LogP contribution in [0.1, 0.15) is 55.2 Å². The summed E-state index contributed by atoms with van der Waals surface area (Å²) in [6.07, 6.45) is 6.54. The fourth-order valence-electron chi connectivity index (χ4n) is 6.64.